The zero-order chi connectivity index (χ0) is 35.6. The quantitative estimate of drug-likeness (QED) is 0.176. The van der Waals surface area contributed by atoms with E-state index in [2.05, 4.69) is 50.5 Å². The number of aromatic nitrogens is 3. The van der Waals surface area contributed by atoms with Crippen LogP contribution >= 0.6 is 0 Å². The summed E-state index contributed by atoms with van der Waals surface area (Å²) < 4.78 is 7.57. The van der Waals surface area contributed by atoms with Crippen LogP contribution in [0.5, 0.6) is 0 Å². The van der Waals surface area contributed by atoms with Crippen LogP contribution in [-0.4, -0.2) is 86.8 Å². The Hall–Kier alpha value is -4.46. The lowest BCUT2D eigenvalue weighted by molar-refractivity contribution is -0.139. The maximum atomic E-state index is 14.4. The molecule has 2 saturated heterocycles. The number of hydrogen-bond acceptors (Lipinski definition) is 9. The van der Waals surface area contributed by atoms with E-state index in [9.17, 15) is 19.2 Å². The molecule has 6 atom stereocenters. The smallest absolute Gasteiger partial charge is 0.246 e. The topological polar surface area (TPSA) is 174 Å². The third kappa shape index (κ3) is 9.20. The van der Waals surface area contributed by atoms with Crippen LogP contribution in [0.4, 0.5) is 0 Å². The summed E-state index contributed by atoms with van der Waals surface area (Å²) in [7, 11) is 0. The van der Waals surface area contributed by atoms with Crippen LogP contribution in [0.25, 0.3) is 0 Å². The second-order valence-electron chi connectivity index (χ2n) is 13.3. The molecule has 3 heterocycles. The van der Waals surface area contributed by atoms with E-state index in [1.807, 2.05) is 41.3 Å². The van der Waals surface area contributed by atoms with Gasteiger partial charge in [-0.15, -0.1) is 5.10 Å². The first-order valence-corrected chi connectivity index (χ1v) is 17.6. The SMILES string of the molecule is CCC(=O)N[C@H](C(C)=O)[C@@H](C)OCc1cn(C[C@H]2CC[C@H]3CC[C@@H](CNC(c4ccccc4)c4ccccc4)N3C(=O)[C@H]2NC(=O)CN)nn1. The summed E-state index contributed by atoms with van der Waals surface area (Å²) in [6, 6.07) is 19.1. The summed E-state index contributed by atoms with van der Waals surface area (Å²) in [5.41, 5.74) is 8.54. The molecule has 268 valence electrons. The van der Waals surface area contributed by atoms with Crippen molar-refractivity contribution < 1.29 is 23.9 Å². The number of nitrogens with two attached hydrogens (primary N) is 1. The van der Waals surface area contributed by atoms with Crippen molar-refractivity contribution >= 4 is 23.5 Å². The zero-order valence-electron chi connectivity index (χ0n) is 29.2. The molecule has 2 aliphatic heterocycles. The maximum absolute atomic E-state index is 14.4. The lowest BCUT2D eigenvalue weighted by atomic mass is 9.93. The van der Waals surface area contributed by atoms with Crippen molar-refractivity contribution in [3.8, 4) is 0 Å². The average Bonchev–Trinajstić information content (AvgIpc) is 3.74. The molecule has 5 N–H and O–H groups in total. The number of ether oxygens (including phenoxy) is 1. The van der Waals surface area contributed by atoms with E-state index in [1.165, 1.54) is 6.92 Å². The summed E-state index contributed by atoms with van der Waals surface area (Å²) in [4.78, 5) is 53.1. The molecular weight excluding hydrogens is 636 g/mol. The van der Waals surface area contributed by atoms with E-state index < -0.39 is 18.2 Å². The van der Waals surface area contributed by atoms with E-state index in [4.69, 9.17) is 10.5 Å². The van der Waals surface area contributed by atoms with Gasteiger partial charge in [-0.05, 0) is 50.7 Å². The van der Waals surface area contributed by atoms with Gasteiger partial charge in [-0.2, -0.15) is 0 Å². The lowest BCUT2D eigenvalue weighted by Crippen LogP contribution is -2.56. The molecule has 2 fully saturated rings. The van der Waals surface area contributed by atoms with E-state index in [-0.39, 0.29) is 67.1 Å². The Labute approximate surface area is 293 Å². The highest BCUT2D eigenvalue weighted by atomic mass is 16.5. The molecule has 0 radical (unpaired) electrons. The number of carbonyl (C=O) groups excluding carboxylic acids is 4. The highest BCUT2D eigenvalue weighted by Gasteiger charge is 2.45. The molecule has 3 aromatic rings. The third-order valence-corrected chi connectivity index (χ3v) is 9.85. The summed E-state index contributed by atoms with van der Waals surface area (Å²) in [5, 5.41) is 17.9. The van der Waals surface area contributed by atoms with Crippen molar-refractivity contribution in [3.63, 3.8) is 0 Å². The molecule has 0 aliphatic carbocycles. The van der Waals surface area contributed by atoms with Gasteiger partial charge in [-0.25, -0.2) is 0 Å². The number of fused-ring (bicyclic) bond motifs is 1. The van der Waals surface area contributed by atoms with E-state index in [1.54, 1.807) is 24.7 Å². The number of Topliss-reactive ketones (excluding diaryl/α,β-unsaturated/α-hetero) is 1. The Morgan fingerprint density at radius 1 is 0.980 bits per heavy atom. The second kappa shape index (κ2) is 17.5. The van der Waals surface area contributed by atoms with Gasteiger partial charge in [0, 0.05) is 37.5 Å². The summed E-state index contributed by atoms with van der Waals surface area (Å²) in [6.07, 6.45) is 4.72. The van der Waals surface area contributed by atoms with Gasteiger partial charge in [0.15, 0.2) is 5.78 Å². The van der Waals surface area contributed by atoms with Crippen LogP contribution in [0.2, 0.25) is 0 Å². The standard InChI is InChI=1S/C37H50N8O5/c1-4-32(47)40-34(24(2)46)25(3)50-23-29-22-44(43-42-29)21-28-15-16-30-17-18-31(45(30)37(49)36(28)41-33(48)19-38)20-39-35(26-11-7-5-8-12-26)27-13-9-6-10-14-27/h5-14,22,25,28,30-31,34-36,39H,4,15-21,23,38H2,1-3H3,(H,40,47)(H,41,48)/t25-,28-,30+,31+,34-,36+/m1/s1. The molecule has 3 amide bonds. The predicted molar refractivity (Wildman–Crippen MR) is 187 cm³/mol. The van der Waals surface area contributed by atoms with Crippen LogP contribution in [-0.2, 0) is 37.1 Å². The van der Waals surface area contributed by atoms with Gasteiger partial charge >= 0.3 is 0 Å². The number of carbonyl (C=O) groups is 4. The van der Waals surface area contributed by atoms with Crippen molar-refractivity contribution in [3.05, 3.63) is 83.7 Å². The van der Waals surface area contributed by atoms with Crippen molar-refractivity contribution in [2.45, 2.75) is 102 Å². The van der Waals surface area contributed by atoms with Crippen LogP contribution < -0.4 is 21.7 Å². The number of nitrogens with one attached hydrogen (secondary N) is 3. The number of hydrogen-bond donors (Lipinski definition) is 4. The Bertz CT molecular complexity index is 1550. The molecule has 2 aliphatic rings. The van der Waals surface area contributed by atoms with Crippen molar-refractivity contribution in [2.24, 2.45) is 11.7 Å². The number of nitrogens with zero attached hydrogens (tertiary/aromatic N) is 4. The van der Waals surface area contributed by atoms with Crippen LogP contribution in [0, 0.1) is 5.92 Å². The molecule has 13 nitrogen and oxygen atoms in total. The first-order chi connectivity index (χ1) is 24.2. The maximum Gasteiger partial charge on any atom is 0.246 e. The minimum atomic E-state index is -0.766. The summed E-state index contributed by atoms with van der Waals surface area (Å²) in [6.45, 7) is 5.70. The van der Waals surface area contributed by atoms with Gasteiger partial charge in [0.1, 0.15) is 17.8 Å². The summed E-state index contributed by atoms with van der Waals surface area (Å²) in [5.74, 6) is -1.14. The van der Waals surface area contributed by atoms with Crippen molar-refractivity contribution in [1.29, 1.82) is 0 Å². The number of benzene rings is 2. The van der Waals surface area contributed by atoms with Crippen LogP contribution in [0.15, 0.2) is 66.9 Å². The number of amides is 3. The van der Waals surface area contributed by atoms with Gasteiger partial charge in [0.25, 0.3) is 0 Å². The second-order valence-corrected chi connectivity index (χ2v) is 13.3. The first-order valence-electron chi connectivity index (χ1n) is 17.6. The third-order valence-electron chi connectivity index (χ3n) is 9.85. The van der Waals surface area contributed by atoms with Crippen LogP contribution in [0.3, 0.4) is 0 Å². The highest BCUT2D eigenvalue weighted by molar-refractivity contribution is 5.89. The molecule has 50 heavy (non-hydrogen) atoms. The Morgan fingerprint density at radius 3 is 2.26 bits per heavy atom. The van der Waals surface area contributed by atoms with Gasteiger partial charge in [-0.1, -0.05) is 72.8 Å². The summed E-state index contributed by atoms with van der Waals surface area (Å²) >= 11 is 0. The van der Waals surface area contributed by atoms with Crippen molar-refractivity contribution in [2.75, 3.05) is 13.1 Å². The Kier molecular flexibility index (Phi) is 12.9. The minimum absolute atomic E-state index is 0.0310. The first kappa shape index (κ1) is 36.8. The molecule has 0 unspecified atom stereocenters. The predicted octanol–water partition coefficient (Wildman–Crippen LogP) is 2.26. The molecule has 0 saturated carbocycles. The lowest BCUT2D eigenvalue weighted by Gasteiger charge is -2.33. The van der Waals surface area contributed by atoms with E-state index >= 15 is 0 Å². The van der Waals surface area contributed by atoms with Crippen molar-refractivity contribution in [1.82, 2.24) is 35.8 Å². The monoisotopic (exact) mass is 686 g/mol. The number of rotatable bonds is 16. The molecule has 5 rings (SSSR count). The number of ketones is 1. The largest absolute Gasteiger partial charge is 0.369 e. The fourth-order valence-electron chi connectivity index (χ4n) is 7.19. The highest BCUT2D eigenvalue weighted by Crippen LogP contribution is 2.35. The van der Waals surface area contributed by atoms with Gasteiger partial charge in [-0.3, -0.25) is 23.9 Å². The molecule has 0 bridgehead atoms. The fraction of sp³-hybridized carbons (Fsp3) is 0.514. The average molecular weight is 687 g/mol. The van der Waals surface area contributed by atoms with Gasteiger partial charge in [0.2, 0.25) is 17.7 Å². The Morgan fingerprint density at radius 2 is 1.64 bits per heavy atom. The molecule has 13 heteroatoms. The zero-order valence-corrected chi connectivity index (χ0v) is 29.2. The molecule has 1 aromatic heterocycles. The van der Waals surface area contributed by atoms with Gasteiger partial charge < -0.3 is 31.3 Å². The van der Waals surface area contributed by atoms with E-state index in [0.717, 1.165) is 30.4 Å². The fourth-order valence-corrected chi connectivity index (χ4v) is 7.19. The minimum Gasteiger partial charge on any atom is -0.369 e. The van der Waals surface area contributed by atoms with E-state index in [0.29, 0.717) is 25.2 Å². The molecule has 0 spiro atoms. The normalized spacial score (nSPS) is 21.7. The molecule has 2 aromatic carbocycles. The van der Waals surface area contributed by atoms with Gasteiger partial charge in [0.05, 0.1) is 31.5 Å². The molecular formula is C37H50N8O5. The Balaban J connectivity index is 1.27. The van der Waals surface area contributed by atoms with Crippen LogP contribution in [0.1, 0.15) is 75.7 Å².